The van der Waals surface area contributed by atoms with Crippen LogP contribution in [0.15, 0.2) is 24.3 Å². The summed E-state index contributed by atoms with van der Waals surface area (Å²) in [6.07, 6.45) is 0. The Labute approximate surface area is 122 Å². The van der Waals surface area contributed by atoms with Gasteiger partial charge in [0, 0.05) is 37.3 Å². The quantitative estimate of drug-likeness (QED) is 0.832. The van der Waals surface area contributed by atoms with Crippen LogP contribution in [0, 0.1) is 5.82 Å². The lowest BCUT2D eigenvalue weighted by Crippen LogP contribution is -2.48. The molecule has 0 saturated heterocycles. The number of likely N-dealkylation sites (N-methyl/N-ethyl adjacent to an activating group) is 1. The standard InChI is InChI=1S/C16H27FN2O/c1-16(2,3)18-10-14(12-20-5)19(4)11-13-8-6-7-9-15(13)17/h6-9,14,18H,10-12H2,1-5H3. The molecule has 1 aromatic rings. The van der Waals surface area contributed by atoms with E-state index in [9.17, 15) is 4.39 Å². The van der Waals surface area contributed by atoms with Crippen LogP contribution >= 0.6 is 0 Å². The van der Waals surface area contributed by atoms with Crippen molar-refractivity contribution in [2.45, 2.75) is 38.9 Å². The van der Waals surface area contributed by atoms with Crippen LogP contribution in [-0.2, 0) is 11.3 Å². The number of nitrogens with one attached hydrogen (secondary N) is 1. The molecule has 1 atom stereocenters. The first-order valence-corrected chi connectivity index (χ1v) is 7.01. The highest BCUT2D eigenvalue weighted by Crippen LogP contribution is 2.11. The number of hydrogen-bond acceptors (Lipinski definition) is 3. The molecule has 0 spiro atoms. The van der Waals surface area contributed by atoms with Crippen LogP contribution in [0.2, 0.25) is 0 Å². The predicted octanol–water partition coefficient (Wildman–Crippen LogP) is 2.66. The van der Waals surface area contributed by atoms with E-state index < -0.39 is 0 Å². The summed E-state index contributed by atoms with van der Waals surface area (Å²) in [5.41, 5.74) is 0.775. The Morgan fingerprint density at radius 1 is 1.30 bits per heavy atom. The summed E-state index contributed by atoms with van der Waals surface area (Å²) in [5.74, 6) is -0.153. The molecule has 0 amide bonds. The molecule has 3 nitrogen and oxygen atoms in total. The molecule has 0 fully saturated rings. The molecule has 1 unspecified atom stereocenters. The van der Waals surface area contributed by atoms with E-state index in [0.29, 0.717) is 18.7 Å². The third kappa shape index (κ3) is 5.99. The van der Waals surface area contributed by atoms with E-state index in [2.05, 4.69) is 31.0 Å². The van der Waals surface area contributed by atoms with Crippen LogP contribution in [0.5, 0.6) is 0 Å². The molecular weight excluding hydrogens is 255 g/mol. The number of ether oxygens (including phenoxy) is 1. The summed E-state index contributed by atoms with van der Waals surface area (Å²) in [7, 11) is 3.70. The van der Waals surface area contributed by atoms with Crippen molar-refractivity contribution in [1.82, 2.24) is 10.2 Å². The summed E-state index contributed by atoms with van der Waals surface area (Å²) in [5, 5.41) is 3.47. The summed E-state index contributed by atoms with van der Waals surface area (Å²) < 4.78 is 19.0. The Bertz CT molecular complexity index is 404. The highest BCUT2D eigenvalue weighted by atomic mass is 19.1. The van der Waals surface area contributed by atoms with Crippen LogP contribution in [0.25, 0.3) is 0 Å². The number of nitrogens with zero attached hydrogens (tertiary/aromatic N) is 1. The molecule has 1 N–H and O–H groups in total. The van der Waals surface area contributed by atoms with E-state index in [4.69, 9.17) is 4.74 Å². The smallest absolute Gasteiger partial charge is 0.127 e. The fourth-order valence-electron chi connectivity index (χ4n) is 1.98. The second kappa shape index (κ2) is 7.72. The first kappa shape index (κ1) is 17.1. The van der Waals surface area contributed by atoms with Gasteiger partial charge in [-0.3, -0.25) is 4.90 Å². The normalized spacial score (nSPS) is 13.8. The SMILES string of the molecule is COCC(CNC(C)(C)C)N(C)Cc1ccccc1F. The minimum absolute atomic E-state index is 0.0603. The summed E-state index contributed by atoms with van der Waals surface area (Å²) in [6.45, 7) is 8.40. The van der Waals surface area contributed by atoms with Crippen molar-refractivity contribution in [3.63, 3.8) is 0 Å². The second-order valence-corrected chi connectivity index (χ2v) is 6.25. The van der Waals surface area contributed by atoms with E-state index in [1.54, 1.807) is 13.2 Å². The molecule has 1 rings (SSSR count). The zero-order valence-corrected chi connectivity index (χ0v) is 13.2. The Hall–Kier alpha value is -0.970. The first-order valence-electron chi connectivity index (χ1n) is 7.01. The van der Waals surface area contributed by atoms with Crippen molar-refractivity contribution < 1.29 is 9.13 Å². The van der Waals surface area contributed by atoms with Crippen molar-refractivity contribution >= 4 is 0 Å². The van der Waals surface area contributed by atoms with Gasteiger partial charge in [0.1, 0.15) is 5.82 Å². The van der Waals surface area contributed by atoms with Crippen LogP contribution in [0.4, 0.5) is 4.39 Å². The van der Waals surface area contributed by atoms with E-state index in [1.165, 1.54) is 6.07 Å². The van der Waals surface area contributed by atoms with Gasteiger partial charge in [0.2, 0.25) is 0 Å². The Kier molecular flexibility index (Phi) is 6.59. The maximum absolute atomic E-state index is 13.7. The molecule has 1 aromatic carbocycles. The second-order valence-electron chi connectivity index (χ2n) is 6.25. The maximum Gasteiger partial charge on any atom is 0.127 e. The van der Waals surface area contributed by atoms with Gasteiger partial charge in [-0.15, -0.1) is 0 Å². The lowest BCUT2D eigenvalue weighted by atomic mass is 10.1. The van der Waals surface area contributed by atoms with Crippen molar-refractivity contribution in [2.75, 3.05) is 27.3 Å². The predicted molar refractivity (Wildman–Crippen MR) is 81.3 cm³/mol. The van der Waals surface area contributed by atoms with Gasteiger partial charge in [0.15, 0.2) is 0 Å². The monoisotopic (exact) mass is 282 g/mol. The molecule has 0 aliphatic rings. The van der Waals surface area contributed by atoms with Crippen molar-refractivity contribution in [1.29, 1.82) is 0 Å². The average molecular weight is 282 g/mol. The lowest BCUT2D eigenvalue weighted by Gasteiger charge is -2.31. The third-order valence-corrected chi connectivity index (χ3v) is 3.23. The first-order chi connectivity index (χ1) is 9.33. The lowest BCUT2D eigenvalue weighted by molar-refractivity contribution is 0.0966. The summed E-state index contributed by atoms with van der Waals surface area (Å²) in [6, 6.07) is 7.12. The van der Waals surface area contributed by atoms with Crippen molar-refractivity contribution in [3.8, 4) is 0 Å². The van der Waals surface area contributed by atoms with Gasteiger partial charge >= 0.3 is 0 Å². The Balaban J connectivity index is 2.64. The highest BCUT2D eigenvalue weighted by Gasteiger charge is 2.19. The molecule has 4 heteroatoms. The summed E-state index contributed by atoms with van der Waals surface area (Å²) in [4.78, 5) is 2.13. The fourth-order valence-corrected chi connectivity index (χ4v) is 1.98. The summed E-state index contributed by atoms with van der Waals surface area (Å²) >= 11 is 0. The van der Waals surface area contributed by atoms with Gasteiger partial charge in [-0.2, -0.15) is 0 Å². The van der Waals surface area contributed by atoms with E-state index >= 15 is 0 Å². The molecule has 0 aliphatic carbocycles. The molecule has 0 bridgehead atoms. The molecule has 0 saturated carbocycles. The van der Waals surface area contributed by atoms with Gasteiger partial charge in [0.05, 0.1) is 6.61 Å². The number of halogens is 1. The number of hydrogen-bond donors (Lipinski definition) is 1. The maximum atomic E-state index is 13.7. The molecule has 0 radical (unpaired) electrons. The topological polar surface area (TPSA) is 24.5 Å². The fraction of sp³-hybridized carbons (Fsp3) is 0.625. The van der Waals surface area contributed by atoms with Crippen LogP contribution < -0.4 is 5.32 Å². The van der Waals surface area contributed by atoms with E-state index in [1.807, 2.05) is 19.2 Å². The zero-order valence-electron chi connectivity index (χ0n) is 13.2. The minimum atomic E-state index is -0.153. The molecule has 0 aromatic heterocycles. The molecule has 114 valence electrons. The van der Waals surface area contributed by atoms with Gasteiger partial charge in [-0.1, -0.05) is 18.2 Å². The Morgan fingerprint density at radius 3 is 2.50 bits per heavy atom. The molecule has 0 heterocycles. The van der Waals surface area contributed by atoms with E-state index in [0.717, 1.165) is 6.54 Å². The van der Waals surface area contributed by atoms with Gasteiger partial charge in [-0.05, 0) is 33.9 Å². The highest BCUT2D eigenvalue weighted by molar-refractivity contribution is 5.17. The van der Waals surface area contributed by atoms with Gasteiger partial charge in [0.25, 0.3) is 0 Å². The number of benzene rings is 1. The van der Waals surface area contributed by atoms with Crippen LogP contribution in [-0.4, -0.2) is 43.8 Å². The van der Waals surface area contributed by atoms with Gasteiger partial charge in [-0.25, -0.2) is 4.39 Å². The average Bonchev–Trinajstić information content (AvgIpc) is 2.36. The van der Waals surface area contributed by atoms with Gasteiger partial charge < -0.3 is 10.1 Å². The molecular formula is C16H27FN2O. The Morgan fingerprint density at radius 2 is 1.95 bits per heavy atom. The zero-order chi connectivity index (χ0) is 15.2. The largest absolute Gasteiger partial charge is 0.383 e. The molecule has 0 aliphatic heterocycles. The van der Waals surface area contributed by atoms with Crippen LogP contribution in [0.1, 0.15) is 26.3 Å². The number of rotatable bonds is 7. The van der Waals surface area contributed by atoms with E-state index in [-0.39, 0.29) is 17.4 Å². The minimum Gasteiger partial charge on any atom is -0.383 e. The number of methoxy groups -OCH3 is 1. The van der Waals surface area contributed by atoms with Crippen LogP contribution in [0.3, 0.4) is 0 Å². The van der Waals surface area contributed by atoms with Crippen molar-refractivity contribution in [2.24, 2.45) is 0 Å². The third-order valence-electron chi connectivity index (χ3n) is 3.23. The molecule has 20 heavy (non-hydrogen) atoms. The van der Waals surface area contributed by atoms with Crippen molar-refractivity contribution in [3.05, 3.63) is 35.6 Å².